The molecule has 1 aliphatic heterocycles. The molecule has 1 aliphatic rings. The van der Waals surface area contributed by atoms with E-state index in [2.05, 4.69) is 0 Å². The quantitative estimate of drug-likeness (QED) is 0.670. The van der Waals surface area contributed by atoms with E-state index in [0.29, 0.717) is 13.0 Å². The lowest BCUT2D eigenvalue weighted by Crippen LogP contribution is -2.48. The largest absolute Gasteiger partial charge is 0.465 e. The summed E-state index contributed by atoms with van der Waals surface area (Å²) in [5.41, 5.74) is 5.96. The molecule has 1 aromatic rings. The average Bonchev–Trinajstić information content (AvgIpc) is 2.48. The summed E-state index contributed by atoms with van der Waals surface area (Å²) < 4.78 is 31.7. The lowest BCUT2D eigenvalue weighted by atomic mass is 10.1. The van der Waals surface area contributed by atoms with Gasteiger partial charge >= 0.3 is 5.97 Å². The van der Waals surface area contributed by atoms with Crippen LogP contribution in [-0.2, 0) is 19.6 Å². The molecular formula is C14H20N2O4S. The number of para-hydroxylation sites is 1. The standard InChI is InChI=1S/C14H20N2O4S/c1-2-20-14(17)12-8-5-6-10-16(12)21(18,19)13-9-4-3-7-11(13)15/h3-4,7,9,12H,2,5-6,8,10,15H2,1H3. The van der Waals surface area contributed by atoms with Crippen molar-refractivity contribution in [3.8, 4) is 0 Å². The first-order valence-corrected chi connectivity index (χ1v) is 8.45. The third-order valence-corrected chi connectivity index (χ3v) is 5.50. The SMILES string of the molecule is CCOC(=O)C1CCCCN1S(=O)(=O)c1ccccc1N. The van der Waals surface area contributed by atoms with Crippen molar-refractivity contribution in [2.45, 2.75) is 37.1 Å². The maximum absolute atomic E-state index is 12.8. The third kappa shape index (κ3) is 3.19. The van der Waals surface area contributed by atoms with Gasteiger partial charge < -0.3 is 10.5 Å². The molecule has 1 heterocycles. The number of nitrogens with zero attached hydrogens (tertiary/aromatic N) is 1. The van der Waals surface area contributed by atoms with E-state index >= 15 is 0 Å². The Kier molecular flexibility index (Phi) is 4.84. The van der Waals surface area contributed by atoms with Crippen molar-refractivity contribution in [1.82, 2.24) is 4.31 Å². The van der Waals surface area contributed by atoms with Crippen LogP contribution in [0.1, 0.15) is 26.2 Å². The lowest BCUT2D eigenvalue weighted by molar-refractivity contribution is -0.148. The van der Waals surface area contributed by atoms with Crippen LogP contribution in [0, 0.1) is 0 Å². The fourth-order valence-electron chi connectivity index (χ4n) is 2.51. The summed E-state index contributed by atoms with van der Waals surface area (Å²) in [6, 6.07) is 5.53. The normalized spacial score (nSPS) is 20.1. The van der Waals surface area contributed by atoms with Crippen LogP contribution in [0.25, 0.3) is 0 Å². The molecule has 2 N–H and O–H groups in total. The Morgan fingerprint density at radius 3 is 2.76 bits per heavy atom. The second-order valence-corrected chi connectivity index (χ2v) is 6.78. The van der Waals surface area contributed by atoms with Crippen LogP contribution in [-0.4, -0.2) is 37.9 Å². The van der Waals surface area contributed by atoms with Gasteiger partial charge in [0, 0.05) is 6.54 Å². The second kappa shape index (κ2) is 6.44. The van der Waals surface area contributed by atoms with E-state index in [4.69, 9.17) is 10.5 Å². The van der Waals surface area contributed by atoms with Crippen molar-refractivity contribution in [3.05, 3.63) is 24.3 Å². The number of rotatable bonds is 4. The molecule has 21 heavy (non-hydrogen) atoms. The molecule has 0 amide bonds. The van der Waals surface area contributed by atoms with Gasteiger partial charge in [-0.15, -0.1) is 0 Å². The molecule has 0 bridgehead atoms. The van der Waals surface area contributed by atoms with Crippen molar-refractivity contribution >= 4 is 21.7 Å². The van der Waals surface area contributed by atoms with Crippen molar-refractivity contribution in [2.24, 2.45) is 0 Å². The van der Waals surface area contributed by atoms with E-state index in [1.165, 1.54) is 16.4 Å². The van der Waals surface area contributed by atoms with E-state index in [0.717, 1.165) is 12.8 Å². The number of benzene rings is 1. The molecule has 116 valence electrons. The Bertz CT molecular complexity index is 615. The number of hydrogen-bond donors (Lipinski definition) is 1. The number of sulfonamides is 1. The van der Waals surface area contributed by atoms with Crippen LogP contribution < -0.4 is 5.73 Å². The van der Waals surface area contributed by atoms with E-state index < -0.39 is 22.0 Å². The molecule has 2 rings (SSSR count). The fourth-order valence-corrected chi connectivity index (χ4v) is 4.27. The molecule has 0 radical (unpaired) electrons. The molecule has 1 aromatic carbocycles. The summed E-state index contributed by atoms with van der Waals surface area (Å²) in [4.78, 5) is 12.1. The fraction of sp³-hybridized carbons (Fsp3) is 0.500. The Balaban J connectivity index is 2.36. The van der Waals surface area contributed by atoms with Crippen LogP contribution in [0.5, 0.6) is 0 Å². The smallest absolute Gasteiger partial charge is 0.324 e. The van der Waals surface area contributed by atoms with Crippen molar-refractivity contribution in [2.75, 3.05) is 18.9 Å². The molecular weight excluding hydrogens is 292 g/mol. The molecule has 1 fully saturated rings. The van der Waals surface area contributed by atoms with Crippen molar-refractivity contribution in [3.63, 3.8) is 0 Å². The van der Waals surface area contributed by atoms with Crippen molar-refractivity contribution in [1.29, 1.82) is 0 Å². The predicted octanol–water partition coefficient (Wildman–Crippen LogP) is 1.38. The molecule has 7 heteroatoms. The molecule has 0 aromatic heterocycles. The topological polar surface area (TPSA) is 89.7 Å². The molecule has 1 saturated heterocycles. The number of carbonyl (C=O) groups is 1. The van der Waals surface area contributed by atoms with Crippen LogP contribution >= 0.6 is 0 Å². The van der Waals surface area contributed by atoms with E-state index in [9.17, 15) is 13.2 Å². The van der Waals surface area contributed by atoms with E-state index in [1.54, 1.807) is 19.1 Å². The van der Waals surface area contributed by atoms with Crippen LogP contribution in [0.15, 0.2) is 29.2 Å². The zero-order valence-corrected chi connectivity index (χ0v) is 12.8. The van der Waals surface area contributed by atoms with Gasteiger partial charge in [-0.3, -0.25) is 4.79 Å². The van der Waals surface area contributed by atoms with Crippen LogP contribution in [0.2, 0.25) is 0 Å². The number of nitrogens with two attached hydrogens (primary N) is 1. The number of anilines is 1. The summed E-state index contributed by atoms with van der Waals surface area (Å²) in [7, 11) is -3.80. The number of esters is 1. The first kappa shape index (κ1) is 15.8. The van der Waals surface area contributed by atoms with Gasteiger partial charge in [0.05, 0.1) is 12.3 Å². The summed E-state index contributed by atoms with van der Waals surface area (Å²) in [6.45, 7) is 2.24. The zero-order chi connectivity index (χ0) is 15.5. The number of carbonyl (C=O) groups excluding carboxylic acids is 1. The maximum Gasteiger partial charge on any atom is 0.324 e. The number of piperidine rings is 1. The highest BCUT2D eigenvalue weighted by molar-refractivity contribution is 7.89. The Morgan fingerprint density at radius 2 is 2.10 bits per heavy atom. The minimum absolute atomic E-state index is 0.0428. The highest BCUT2D eigenvalue weighted by Gasteiger charge is 2.39. The minimum atomic E-state index is -3.80. The average molecular weight is 312 g/mol. The first-order chi connectivity index (χ1) is 9.98. The van der Waals surface area contributed by atoms with E-state index in [-0.39, 0.29) is 17.2 Å². The summed E-state index contributed by atoms with van der Waals surface area (Å²) in [5.74, 6) is -0.490. The van der Waals surface area contributed by atoms with Gasteiger partial charge in [0.15, 0.2) is 0 Å². The highest BCUT2D eigenvalue weighted by Crippen LogP contribution is 2.28. The van der Waals surface area contributed by atoms with Gasteiger partial charge in [-0.25, -0.2) is 8.42 Å². The molecule has 6 nitrogen and oxygen atoms in total. The third-order valence-electron chi connectivity index (χ3n) is 3.52. The number of ether oxygens (including phenoxy) is 1. The molecule has 0 saturated carbocycles. The summed E-state index contributed by atoms with van der Waals surface area (Å²) >= 11 is 0. The van der Waals surface area contributed by atoms with Gasteiger partial charge in [0.25, 0.3) is 0 Å². The Morgan fingerprint density at radius 1 is 1.38 bits per heavy atom. The maximum atomic E-state index is 12.8. The van der Waals surface area contributed by atoms with Gasteiger partial charge in [-0.1, -0.05) is 12.1 Å². The van der Waals surface area contributed by atoms with E-state index in [1.807, 2.05) is 0 Å². The molecule has 0 aliphatic carbocycles. The summed E-state index contributed by atoms with van der Waals surface area (Å²) in [6.07, 6.45) is 2.01. The highest BCUT2D eigenvalue weighted by atomic mass is 32.2. The van der Waals surface area contributed by atoms with Crippen LogP contribution in [0.3, 0.4) is 0 Å². The van der Waals surface area contributed by atoms with Crippen LogP contribution in [0.4, 0.5) is 5.69 Å². The minimum Gasteiger partial charge on any atom is -0.465 e. The first-order valence-electron chi connectivity index (χ1n) is 7.01. The Labute approximate surface area is 124 Å². The predicted molar refractivity (Wildman–Crippen MR) is 79.0 cm³/mol. The Hall–Kier alpha value is -1.60. The van der Waals surface area contributed by atoms with Gasteiger partial charge in [0.1, 0.15) is 10.9 Å². The van der Waals surface area contributed by atoms with Gasteiger partial charge in [-0.05, 0) is 38.3 Å². The van der Waals surface area contributed by atoms with Gasteiger partial charge in [-0.2, -0.15) is 4.31 Å². The number of nitrogen functional groups attached to an aromatic ring is 1. The molecule has 1 unspecified atom stereocenters. The monoisotopic (exact) mass is 312 g/mol. The zero-order valence-electron chi connectivity index (χ0n) is 12.0. The number of hydrogen-bond acceptors (Lipinski definition) is 5. The lowest BCUT2D eigenvalue weighted by Gasteiger charge is -2.33. The van der Waals surface area contributed by atoms with Gasteiger partial charge in [0.2, 0.25) is 10.0 Å². The summed E-state index contributed by atoms with van der Waals surface area (Å²) in [5, 5.41) is 0. The molecule has 0 spiro atoms. The van der Waals surface area contributed by atoms with Crippen molar-refractivity contribution < 1.29 is 17.9 Å². The molecule has 1 atom stereocenters. The second-order valence-electron chi connectivity index (χ2n) is 4.92.